The second-order valence-electron chi connectivity index (χ2n) is 2.72. The first-order valence-corrected chi connectivity index (χ1v) is 3.71. The van der Waals surface area contributed by atoms with Crippen molar-refractivity contribution in [1.82, 2.24) is 4.90 Å². The second kappa shape index (κ2) is 3.02. The summed E-state index contributed by atoms with van der Waals surface area (Å²) >= 11 is 0. The highest BCUT2D eigenvalue weighted by molar-refractivity contribution is 4.85. The van der Waals surface area contributed by atoms with Crippen LogP contribution in [0.3, 0.4) is 0 Å². The Labute approximate surface area is 57.4 Å². The molecular weight excluding hydrogens is 110 g/mol. The highest BCUT2D eigenvalue weighted by atomic mass is 15.2. The third kappa shape index (κ3) is 1.55. The Morgan fingerprint density at radius 1 is 1.44 bits per heavy atom. The van der Waals surface area contributed by atoms with E-state index in [1.807, 2.05) is 6.08 Å². The lowest BCUT2D eigenvalue weighted by Gasteiger charge is -2.19. The van der Waals surface area contributed by atoms with Gasteiger partial charge in [0, 0.05) is 6.04 Å². The molecule has 1 heterocycles. The Hall–Kier alpha value is -0.300. The monoisotopic (exact) mass is 125 g/mol. The summed E-state index contributed by atoms with van der Waals surface area (Å²) in [7, 11) is 0. The van der Waals surface area contributed by atoms with Crippen molar-refractivity contribution >= 4 is 0 Å². The first kappa shape index (κ1) is 6.81. The molecule has 0 aliphatic carbocycles. The number of hydrogen-bond donors (Lipinski definition) is 0. The van der Waals surface area contributed by atoms with Gasteiger partial charge in [0.05, 0.1) is 0 Å². The fourth-order valence-corrected chi connectivity index (χ4v) is 1.30. The molecular formula is C8H15N. The summed E-state index contributed by atoms with van der Waals surface area (Å²) < 4.78 is 0. The van der Waals surface area contributed by atoms with E-state index in [0.717, 1.165) is 0 Å². The van der Waals surface area contributed by atoms with Crippen molar-refractivity contribution in [2.75, 3.05) is 13.1 Å². The molecule has 1 atom stereocenters. The van der Waals surface area contributed by atoms with Gasteiger partial charge in [-0.05, 0) is 32.9 Å². The van der Waals surface area contributed by atoms with Crippen molar-refractivity contribution < 1.29 is 0 Å². The maximum atomic E-state index is 3.76. The van der Waals surface area contributed by atoms with E-state index in [0.29, 0.717) is 6.04 Å². The zero-order valence-electron chi connectivity index (χ0n) is 6.14. The largest absolute Gasteiger partial charge is 0.297 e. The van der Waals surface area contributed by atoms with Gasteiger partial charge in [-0.25, -0.2) is 0 Å². The van der Waals surface area contributed by atoms with Gasteiger partial charge in [0.25, 0.3) is 0 Å². The molecule has 0 radical (unpaired) electrons. The Morgan fingerprint density at radius 3 is 2.44 bits per heavy atom. The lowest BCUT2D eigenvalue weighted by atomic mass is 10.3. The Kier molecular flexibility index (Phi) is 2.29. The van der Waals surface area contributed by atoms with Crippen LogP contribution < -0.4 is 0 Å². The van der Waals surface area contributed by atoms with E-state index in [9.17, 15) is 0 Å². The molecule has 0 amide bonds. The van der Waals surface area contributed by atoms with Crippen molar-refractivity contribution in [3.63, 3.8) is 0 Å². The van der Waals surface area contributed by atoms with Gasteiger partial charge < -0.3 is 0 Å². The zero-order valence-corrected chi connectivity index (χ0v) is 6.14. The SMILES string of the molecule is C=C[C@H](C)N1CCCC1. The van der Waals surface area contributed by atoms with Crippen LogP contribution in [0.25, 0.3) is 0 Å². The van der Waals surface area contributed by atoms with Crippen LogP contribution in [0.5, 0.6) is 0 Å². The molecule has 0 spiro atoms. The molecule has 1 rings (SSSR count). The third-order valence-corrected chi connectivity index (χ3v) is 2.06. The van der Waals surface area contributed by atoms with Crippen LogP contribution >= 0.6 is 0 Å². The average molecular weight is 125 g/mol. The minimum atomic E-state index is 0.590. The zero-order chi connectivity index (χ0) is 6.69. The van der Waals surface area contributed by atoms with Crippen LogP contribution in [0, 0.1) is 0 Å². The first-order chi connectivity index (χ1) is 4.34. The Morgan fingerprint density at radius 2 is 2.00 bits per heavy atom. The standard InChI is InChI=1S/C8H15N/c1-3-8(2)9-6-4-5-7-9/h3,8H,1,4-7H2,2H3/t8-/m0/s1. The summed E-state index contributed by atoms with van der Waals surface area (Å²) in [5.74, 6) is 0. The van der Waals surface area contributed by atoms with E-state index < -0.39 is 0 Å². The van der Waals surface area contributed by atoms with E-state index in [-0.39, 0.29) is 0 Å². The minimum absolute atomic E-state index is 0.590. The van der Waals surface area contributed by atoms with Gasteiger partial charge in [-0.15, -0.1) is 6.58 Å². The maximum Gasteiger partial charge on any atom is 0.0247 e. The molecule has 1 aliphatic rings. The molecule has 0 N–H and O–H groups in total. The average Bonchev–Trinajstić information content (AvgIpc) is 2.37. The Bertz CT molecular complexity index is 92.7. The normalized spacial score (nSPS) is 24.1. The maximum absolute atomic E-state index is 3.76. The van der Waals surface area contributed by atoms with Gasteiger partial charge in [0.2, 0.25) is 0 Å². The van der Waals surface area contributed by atoms with Gasteiger partial charge in [0.1, 0.15) is 0 Å². The number of likely N-dealkylation sites (tertiary alicyclic amines) is 1. The van der Waals surface area contributed by atoms with E-state index in [2.05, 4.69) is 18.4 Å². The van der Waals surface area contributed by atoms with Crippen LogP contribution in [0.15, 0.2) is 12.7 Å². The van der Waals surface area contributed by atoms with Crippen LogP contribution in [-0.2, 0) is 0 Å². The fraction of sp³-hybridized carbons (Fsp3) is 0.750. The molecule has 0 aromatic heterocycles. The van der Waals surface area contributed by atoms with Gasteiger partial charge in [0.15, 0.2) is 0 Å². The summed E-state index contributed by atoms with van der Waals surface area (Å²) in [4.78, 5) is 2.47. The third-order valence-electron chi connectivity index (χ3n) is 2.06. The van der Waals surface area contributed by atoms with Crippen molar-refractivity contribution in [1.29, 1.82) is 0 Å². The molecule has 9 heavy (non-hydrogen) atoms. The number of hydrogen-bond acceptors (Lipinski definition) is 1. The summed E-state index contributed by atoms with van der Waals surface area (Å²) in [6.07, 6.45) is 4.77. The van der Waals surface area contributed by atoms with Gasteiger partial charge in [-0.1, -0.05) is 6.08 Å². The molecule has 52 valence electrons. The van der Waals surface area contributed by atoms with Gasteiger partial charge >= 0.3 is 0 Å². The predicted molar refractivity (Wildman–Crippen MR) is 40.5 cm³/mol. The van der Waals surface area contributed by atoms with Gasteiger partial charge in [-0.3, -0.25) is 4.90 Å². The fourth-order valence-electron chi connectivity index (χ4n) is 1.30. The number of nitrogens with zero attached hydrogens (tertiary/aromatic N) is 1. The van der Waals surface area contributed by atoms with Crippen molar-refractivity contribution in [2.45, 2.75) is 25.8 Å². The molecule has 0 saturated carbocycles. The van der Waals surface area contributed by atoms with E-state index >= 15 is 0 Å². The molecule has 1 saturated heterocycles. The Balaban J connectivity index is 2.32. The summed E-state index contributed by atoms with van der Waals surface area (Å²) in [5.41, 5.74) is 0. The van der Waals surface area contributed by atoms with E-state index in [4.69, 9.17) is 0 Å². The van der Waals surface area contributed by atoms with Gasteiger partial charge in [-0.2, -0.15) is 0 Å². The quantitative estimate of drug-likeness (QED) is 0.507. The molecule has 1 fully saturated rings. The highest BCUT2D eigenvalue weighted by Gasteiger charge is 2.14. The molecule has 0 unspecified atom stereocenters. The van der Waals surface area contributed by atoms with E-state index in [1.54, 1.807) is 0 Å². The summed E-state index contributed by atoms with van der Waals surface area (Å²) in [6, 6.07) is 0.590. The second-order valence-corrected chi connectivity index (χ2v) is 2.72. The molecule has 0 bridgehead atoms. The molecule has 1 heteroatoms. The lowest BCUT2D eigenvalue weighted by Crippen LogP contribution is -2.27. The highest BCUT2D eigenvalue weighted by Crippen LogP contribution is 2.11. The van der Waals surface area contributed by atoms with Crippen LogP contribution in [0.2, 0.25) is 0 Å². The number of rotatable bonds is 2. The summed E-state index contributed by atoms with van der Waals surface area (Å²) in [6.45, 7) is 8.51. The van der Waals surface area contributed by atoms with Crippen molar-refractivity contribution in [3.8, 4) is 0 Å². The van der Waals surface area contributed by atoms with Crippen LogP contribution in [0.1, 0.15) is 19.8 Å². The predicted octanol–water partition coefficient (Wildman–Crippen LogP) is 1.66. The van der Waals surface area contributed by atoms with Crippen molar-refractivity contribution in [2.24, 2.45) is 0 Å². The van der Waals surface area contributed by atoms with E-state index in [1.165, 1.54) is 25.9 Å². The van der Waals surface area contributed by atoms with Crippen LogP contribution in [0.4, 0.5) is 0 Å². The smallest absolute Gasteiger partial charge is 0.0247 e. The van der Waals surface area contributed by atoms with Crippen LogP contribution in [-0.4, -0.2) is 24.0 Å². The molecule has 1 aliphatic heterocycles. The first-order valence-electron chi connectivity index (χ1n) is 3.71. The topological polar surface area (TPSA) is 3.24 Å². The summed E-state index contributed by atoms with van der Waals surface area (Å²) in [5, 5.41) is 0. The molecule has 0 aromatic rings. The lowest BCUT2D eigenvalue weighted by molar-refractivity contribution is 0.300. The molecule has 0 aromatic carbocycles. The van der Waals surface area contributed by atoms with Crippen molar-refractivity contribution in [3.05, 3.63) is 12.7 Å². The minimum Gasteiger partial charge on any atom is -0.297 e. The molecule has 1 nitrogen and oxygen atoms in total.